The summed E-state index contributed by atoms with van der Waals surface area (Å²) in [5, 5.41) is 9.48. The van der Waals surface area contributed by atoms with Crippen molar-refractivity contribution in [3.8, 4) is 0 Å². The van der Waals surface area contributed by atoms with Crippen molar-refractivity contribution in [3.05, 3.63) is 71.3 Å². The third-order valence-electron chi connectivity index (χ3n) is 3.88. The Morgan fingerprint density at radius 3 is 2.38 bits per heavy atom. The van der Waals surface area contributed by atoms with E-state index in [1.54, 1.807) is 30.3 Å². The summed E-state index contributed by atoms with van der Waals surface area (Å²) in [6.07, 6.45) is -5.26. The average Bonchev–Trinajstić information content (AvgIpc) is 3.23. The van der Waals surface area contributed by atoms with Crippen molar-refractivity contribution in [2.45, 2.75) is 24.3 Å². The van der Waals surface area contributed by atoms with Gasteiger partial charge in [0.15, 0.2) is 5.60 Å². The molecule has 1 heterocycles. The number of benzene rings is 2. The molecule has 1 aliphatic heterocycles. The van der Waals surface area contributed by atoms with Crippen LogP contribution in [0.1, 0.15) is 22.8 Å². The van der Waals surface area contributed by atoms with E-state index in [1.165, 1.54) is 12.1 Å². The molecule has 2 aromatic rings. The van der Waals surface area contributed by atoms with Gasteiger partial charge in [0.2, 0.25) is 0 Å². The predicted octanol–water partition coefficient (Wildman–Crippen LogP) is 2.93. The molecule has 0 saturated carbocycles. The number of carboxylic acids is 1. The van der Waals surface area contributed by atoms with Gasteiger partial charge < -0.3 is 9.84 Å². The minimum atomic E-state index is -4.48. The molecule has 3 nitrogen and oxygen atoms in total. The Balaban J connectivity index is 0.00000208. The second-order valence-corrected chi connectivity index (χ2v) is 5.48. The molecule has 1 fully saturated rings. The second kappa shape index (κ2) is 7.04. The van der Waals surface area contributed by atoms with Crippen LogP contribution in [0.5, 0.6) is 0 Å². The molecule has 0 bridgehead atoms. The van der Waals surface area contributed by atoms with E-state index < -0.39 is 29.4 Å². The van der Waals surface area contributed by atoms with E-state index in [0.29, 0.717) is 0 Å². The summed E-state index contributed by atoms with van der Waals surface area (Å²) in [6, 6.07) is 13.5. The van der Waals surface area contributed by atoms with Gasteiger partial charge in [-0.3, -0.25) is 0 Å². The summed E-state index contributed by atoms with van der Waals surface area (Å²) >= 11 is 0. The number of epoxide rings is 1. The van der Waals surface area contributed by atoms with E-state index in [1.807, 2.05) is 0 Å². The molecular weight excluding hydrogens is 349 g/mol. The van der Waals surface area contributed by atoms with Crippen LogP contribution < -0.4 is 0 Å². The third-order valence-corrected chi connectivity index (χ3v) is 3.88. The maximum absolute atomic E-state index is 12.8. The third kappa shape index (κ3) is 3.77. The van der Waals surface area contributed by atoms with E-state index in [9.17, 15) is 23.1 Å². The van der Waals surface area contributed by atoms with E-state index in [-0.39, 0.29) is 49.7 Å². The Kier molecular flexibility index (Phi) is 5.64. The van der Waals surface area contributed by atoms with Crippen molar-refractivity contribution in [1.29, 1.82) is 0 Å². The van der Waals surface area contributed by atoms with Gasteiger partial charge in [0.25, 0.3) is 0 Å². The molecule has 1 saturated heterocycles. The van der Waals surface area contributed by atoms with Gasteiger partial charge in [-0.1, -0.05) is 42.5 Å². The summed E-state index contributed by atoms with van der Waals surface area (Å²) in [6.45, 7) is 0. The Morgan fingerprint density at radius 2 is 1.79 bits per heavy atom. The number of hydrogen-bond acceptors (Lipinski definition) is 2. The number of rotatable bonds is 4. The number of carboxylic acid groups (broad SMARTS) is 1. The normalized spacial score (nSPS) is 22.5. The Hall–Kier alpha value is -1.08. The quantitative estimate of drug-likeness (QED) is 0.670. The Labute approximate surface area is 166 Å². The van der Waals surface area contributed by atoms with Gasteiger partial charge in [0.05, 0.1) is 5.56 Å². The SMILES string of the molecule is O=C(O)C1(Cc2ccccc2)OC1c1cccc(C(F)(F)F)c1.[CaH2]. The van der Waals surface area contributed by atoms with Crippen molar-refractivity contribution in [1.82, 2.24) is 0 Å². The first-order chi connectivity index (χ1) is 10.8. The van der Waals surface area contributed by atoms with Gasteiger partial charge in [-0.2, -0.15) is 13.2 Å². The molecule has 0 spiro atoms. The van der Waals surface area contributed by atoms with Crippen LogP contribution in [-0.2, 0) is 22.1 Å². The Bertz CT molecular complexity index is 733. The van der Waals surface area contributed by atoms with Crippen LogP contribution in [0, 0.1) is 0 Å². The van der Waals surface area contributed by atoms with Gasteiger partial charge >= 0.3 is 49.9 Å². The topological polar surface area (TPSA) is 49.8 Å². The number of ether oxygens (including phenoxy) is 1. The first-order valence-corrected chi connectivity index (χ1v) is 6.95. The van der Waals surface area contributed by atoms with Gasteiger partial charge in [0.1, 0.15) is 6.10 Å². The number of carbonyl (C=O) groups is 1. The summed E-state index contributed by atoms with van der Waals surface area (Å²) in [5.41, 5.74) is -1.35. The fraction of sp³-hybridized carbons (Fsp3) is 0.235. The van der Waals surface area contributed by atoms with E-state index in [0.717, 1.165) is 17.7 Å². The summed E-state index contributed by atoms with van der Waals surface area (Å²) in [4.78, 5) is 11.6. The van der Waals surface area contributed by atoms with Crippen molar-refractivity contribution in [3.63, 3.8) is 0 Å². The summed E-state index contributed by atoms with van der Waals surface area (Å²) < 4.78 is 43.7. The van der Waals surface area contributed by atoms with E-state index in [4.69, 9.17) is 4.74 Å². The molecule has 0 amide bonds. The summed E-state index contributed by atoms with van der Waals surface area (Å²) in [5.74, 6) is -1.18. The molecule has 1 N–H and O–H groups in total. The predicted molar refractivity (Wildman–Crippen MR) is 84.3 cm³/mol. The molecule has 2 unspecified atom stereocenters. The van der Waals surface area contributed by atoms with Crippen LogP contribution in [0.15, 0.2) is 54.6 Å². The second-order valence-electron chi connectivity index (χ2n) is 5.48. The van der Waals surface area contributed by atoms with Gasteiger partial charge in [-0.05, 0) is 23.3 Å². The van der Waals surface area contributed by atoms with E-state index >= 15 is 0 Å². The van der Waals surface area contributed by atoms with Crippen LogP contribution in [0.2, 0.25) is 0 Å². The molecule has 1 aliphatic rings. The fourth-order valence-corrected chi connectivity index (χ4v) is 2.66. The zero-order chi connectivity index (χ0) is 16.7. The number of hydrogen-bond donors (Lipinski definition) is 1. The molecule has 124 valence electrons. The molecule has 0 aliphatic carbocycles. The monoisotopic (exact) mass is 364 g/mol. The van der Waals surface area contributed by atoms with Gasteiger partial charge in [-0.15, -0.1) is 0 Å². The molecule has 7 heteroatoms. The van der Waals surface area contributed by atoms with Crippen molar-refractivity contribution < 1.29 is 27.8 Å². The van der Waals surface area contributed by atoms with Gasteiger partial charge in [0, 0.05) is 6.42 Å². The number of halogens is 3. The number of aliphatic carboxylic acids is 1. The standard InChI is InChI=1S/C17H13F3O3.Ca.2H/c18-17(19,20)13-8-4-7-12(9-13)14-16(23-14,15(21)22)10-11-5-2-1-3-6-11;;;/h1-9,14H,10H2,(H,21,22);;;. The molecule has 2 aromatic carbocycles. The minimum absolute atomic E-state index is 0. The fourth-order valence-electron chi connectivity index (χ4n) is 2.66. The van der Waals surface area contributed by atoms with Crippen LogP contribution in [0.25, 0.3) is 0 Å². The van der Waals surface area contributed by atoms with Crippen LogP contribution in [0.4, 0.5) is 13.2 Å². The van der Waals surface area contributed by atoms with Crippen molar-refractivity contribution in [2.24, 2.45) is 0 Å². The van der Waals surface area contributed by atoms with E-state index in [2.05, 4.69) is 0 Å². The molecule has 0 aromatic heterocycles. The van der Waals surface area contributed by atoms with Crippen LogP contribution >= 0.6 is 0 Å². The molecular formula is C17H15CaF3O3. The molecule has 3 rings (SSSR count). The summed E-state index contributed by atoms with van der Waals surface area (Å²) in [7, 11) is 0. The molecule has 24 heavy (non-hydrogen) atoms. The first kappa shape index (κ1) is 19.2. The average molecular weight is 364 g/mol. The van der Waals surface area contributed by atoms with Crippen molar-refractivity contribution in [2.75, 3.05) is 0 Å². The Morgan fingerprint density at radius 1 is 1.12 bits per heavy atom. The van der Waals surface area contributed by atoms with Crippen LogP contribution in [0.3, 0.4) is 0 Å². The maximum atomic E-state index is 12.8. The zero-order valence-corrected chi connectivity index (χ0v) is 11.9. The molecule has 2 atom stereocenters. The van der Waals surface area contributed by atoms with Gasteiger partial charge in [-0.25, -0.2) is 4.79 Å². The van der Waals surface area contributed by atoms with Crippen LogP contribution in [-0.4, -0.2) is 54.4 Å². The first-order valence-electron chi connectivity index (χ1n) is 6.95. The number of alkyl halides is 3. The van der Waals surface area contributed by atoms with Crippen molar-refractivity contribution >= 4 is 43.7 Å². The zero-order valence-electron chi connectivity index (χ0n) is 11.9. The molecule has 0 radical (unpaired) electrons.